The largest absolute Gasteiger partial charge is 0.392 e. The van der Waals surface area contributed by atoms with Crippen LogP contribution in [0.5, 0.6) is 0 Å². The van der Waals surface area contributed by atoms with Gasteiger partial charge in [-0.3, -0.25) is 4.79 Å². The summed E-state index contributed by atoms with van der Waals surface area (Å²) in [5, 5.41) is 9.66. The van der Waals surface area contributed by atoms with E-state index in [1.54, 1.807) is 6.92 Å². The van der Waals surface area contributed by atoms with Crippen molar-refractivity contribution in [3.63, 3.8) is 0 Å². The molecule has 4 nitrogen and oxygen atoms in total. The predicted molar refractivity (Wildman–Crippen MR) is 71.8 cm³/mol. The zero-order valence-electron chi connectivity index (χ0n) is 10.4. The molecule has 0 bridgehead atoms. The minimum Gasteiger partial charge on any atom is -0.392 e. The number of aliphatic hydroxyl groups excluding tert-OH is 1. The van der Waals surface area contributed by atoms with Crippen LogP contribution in [0.15, 0.2) is 18.2 Å². The molecule has 0 aliphatic carbocycles. The van der Waals surface area contributed by atoms with Gasteiger partial charge in [0.15, 0.2) is 0 Å². The second-order valence-electron chi connectivity index (χ2n) is 4.43. The van der Waals surface area contributed by atoms with Crippen LogP contribution in [0.25, 0.3) is 0 Å². The fraction of sp³-hybridized carbons (Fsp3) is 0.462. The number of hydrogen-bond donors (Lipinski definition) is 1. The van der Waals surface area contributed by atoms with E-state index in [0.29, 0.717) is 5.02 Å². The van der Waals surface area contributed by atoms with Crippen molar-refractivity contribution in [2.24, 2.45) is 0 Å². The molecule has 1 amide bonds. The van der Waals surface area contributed by atoms with Crippen LogP contribution in [0.4, 0.5) is 5.69 Å². The molecule has 0 atom stereocenters. The SMILES string of the molecule is CC(=O)N1CCN(c2ccc(CO)c(Cl)c2)CC1. The molecule has 1 N–H and O–H groups in total. The molecule has 1 aliphatic rings. The Balaban J connectivity index is 2.05. The van der Waals surface area contributed by atoms with Crippen molar-refractivity contribution in [2.45, 2.75) is 13.5 Å². The number of aliphatic hydroxyl groups is 1. The lowest BCUT2D eigenvalue weighted by Crippen LogP contribution is -2.48. The van der Waals surface area contributed by atoms with Crippen molar-refractivity contribution in [3.05, 3.63) is 28.8 Å². The summed E-state index contributed by atoms with van der Waals surface area (Å²) < 4.78 is 0. The van der Waals surface area contributed by atoms with Crippen LogP contribution in [-0.2, 0) is 11.4 Å². The summed E-state index contributed by atoms with van der Waals surface area (Å²) in [6.07, 6.45) is 0. The Labute approximate surface area is 112 Å². The lowest BCUT2D eigenvalue weighted by molar-refractivity contribution is -0.129. The molecule has 1 fully saturated rings. The Bertz CT molecular complexity index is 443. The van der Waals surface area contributed by atoms with Gasteiger partial charge in [0.1, 0.15) is 0 Å². The molecule has 98 valence electrons. The van der Waals surface area contributed by atoms with E-state index in [-0.39, 0.29) is 12.5 Å². The van der Waals surface area contributed by atoms with Crippen molar-refractivity contribution >= 4 is 23.2 Å². The van der Waals surface area contributed by atoms with Gasteiger partial charge in [-0.15, -0.1) is 0 Å². The van der Waals surface area contributed by atoms with E-state index >= 15 is 0 Å². The van der Waals surface area contributed by atoms with Crippen molar-refractivity contribution in [3.8, 4) is 0 Å². The van der Waals surface area contributed by atoms with Crippen LogP contribution in [0, 0.1) is 0 Å². The summed E-state index contributed by atoms with van der Waals surface area (Å²) in [7, 11) is 0. The van der Waals surface area contributed by atoms with E-state index in [9.17, 15) is 4.79 Å². The Morgan fingerprint density at radius 3 is 2.50 bits per heavy atom. The Morgan fingerprint density at radius 1 is 1.33 bits per heavy atom. The van der Waals surface area contributed by atoms with Gasteiger partial charge in [-0.05, 0) is 17.7 Å². The van der Waals surface area contributed by atoms with E-state index in [2.05, 4.69) is 4.90 Å². The first-order chi connectivity index (χ1) is 8.61. The van der Waals surface area contributed by atoms with Crippen LogP contribution >= 0.6 is 11.6 Å². The maximum absolute atomic E-state index is 11.2. The van der Waals surface area contributed by atoms with Gasteiger partial charge in [0.25, 0.3) is 0 Å². The normalized spacial score (nSPS) is 15.9. The number of piperazine rings is 1. The van der Waals surface area contributed by atoms with Gasteiger partial charge in [-0.2, -0.15) is 0 Å². The van der Waals surface area contributed by atoms with Crippen molar-refractivity contribution in [1.29, 1.82) is 0 Å². The summed E-state index contributed by atoms with van der Waals surface area (Å²) in [5.41, 5.74) is 1.78. The summed E-state index contributed by atoms with van der Waals surface area (Å²) in [6.45, 7) is 4.67. The van der Waals surface area contributed by atoms with Gasteiger partial charge in [0.2, 0.25) is 5.91 Å². The molecule has 1 aliphatic heterocycles. The zero-order valence-corrected chi connectivity index (χ0v) is 11.2. The zero-order chi connectivity index (χ0) is 13.1. The highest BCUT2D eigenvalue weighted by molar-refractivity contribution is 6.31. The summed E-state index contributed by atoms with van der Waals surface area (Å²) in [5.74, 6) is 0.128. The average Bonchev–Trinajstić information content (AvgIpc) is 2.38. The Hall–Kier alpha value is -1.26. The minimum atomic E-state index is -0.0444. The molecule has 0 radical (unpaired) electrons. The molecule has 0 saturated carbocycles. The summed E-state index contributed by atoms with van der Waals surface area (Å²) in [4.78, 5) is 15.3. The molecule has 1 saturated heterocycles. The van der Waals surface area contributed by atoms with Crippen LogP contribution in [-0.4, -0.2) is 42.1 Å². The monoisotopic (exact) mass is 268 g/mol. The third-order valence-electron chi connectivity index (χ3n) is 3.30. The van der Waals surface area contributed by atoms with Gasteiger partial charge in [-0.25, -0.2) is 0 Å². The maximum Gasteiger partial charge on any atom is 0.219 e. The minimum absolute atomic E-state index is 0.0444. The number of benzene rings is 1. The number of halogens is 1. The molecule has 0 spiro atoms. The van der Waals surface area contributed by atoms with Crippen molar-refractivity contribution < 1.29 is 9.90 Å². The van der Waals surface area contributed by atoms with E-state index in [1.807, 2.05) is 23.1 Å². The van der Waals surface area contributed by atoms with E-state index in [1.165, 1.54) is 0 Å². The highest BCUT2D eigenvalue weighted by Gasteiger charge is 2.19. The molecule has 2 rings (SSSR count). The Kier molecular flexibility index (Phi) is 4.09. The quantitative estimate of drug-likeness (QED) is 0.884. The average molecular weight is 269 g/mol. The molecule has 1 aromatic carbocycles. The number of amides is 1. The molecule has 1 aromatic rings. The number of anilines is 1. The smallest absolute Gasteiger partial charge is 0.219 e. The topological polar surface area (TPSA) is 43.8 Å². The molecule has 0 aromatic heterocycles. The van der Waals surface area contributed by atoms with Gasteiger partial charge >= 0.3 is 0 Å². The summed E-state index contributed by atoms with van der Waals surface area (Å²) in [6, 6.07) is 5.67. The number of rotatable bonds is 2. The standard InChI is InChI=1S/C13H17ClN2O2/c1-10(18)15-4-6-16(7-5-15)12-3-2-11(9-17)13(14)8-12/h2-3,8,17H,4-7,9H2,1H3. The molecule has 5 heteroatoms. The van der Waals surface area contributed by atoms with Crippen LogP contribution in [0.1, 0.15) is 12.5 Å². The lowest BCUT2D eigenvalue weighted by atomic mass is 10.2. The van der Waals surface area contributed by atoms with Gasteiger partial charge in [-0.1, -0.05) is 17.7 Å². The van der Waals surface area contributed by atoms with E-state index in [4.69, 9.17) is 16.7 Å². The van der Waals surface area contributed by atoms with Crippen LogP contribution in [0.3, 0.4) is 0 Å². The molecular weight excluding hydrogens is 252 g/mol. The Morgan fingerprint density at radius 2 is 2.00 bits per heavy atom. The first kappa shape index (κ1) is 13.2. The second-order valence-corrected chi connectivity index (χ2v) is 4.83. The van der Waals surface area contributed by atoms with Gasteiger partial charge < -0.3 is 14.9 Å². The second kappa shape index (κ2) is 5.59. The fourth-order valence-electron chi connectivity index (χ4n) is 2.14. The van der Waals surface area contributed by atoms with Crippen LogP contribution in [0.2, 0.25) is 5.02 Å². The van der Waals surface area contributed by atoms with Crippen LogP contribution < -0.4 is 4.90 Å². The maximum atomic E-state index is 11.2. The van der Waals surface area contributed by atoms with Gasteiger partial charge in [0.05, 0.1) is 6.61 Å². The number of nitrogens with zero attached hydrogens (tertiary/aromatic N) is 2. The number of hydrogen-bond acceptors (Lipinski definition) is 3. The van der Waals surface area contributed by atoms with Crippen molar-refractivity contribution in [2.75, 3.05) is 31.1 Å². The lowest BCUT2D eigenvalue weighted by Gasteiger charge is -2.35. The van der Waals surface area contributed by atoms with E-state index < -0.39 is 0 Å². The highest BCUT2D eigenvalue weighted by Crippen LogP contribution is 2.24. The van der Waals surface area contributed by atoms with Crippen molar-refractivity contribution in [1.82, 2.24) is 4.90 Å². The first-order valence-corrected chi connectivity index (χ1v) is 6.39. The highest BCUT2D eigenvalue weighted by atomic mass is 35.5. The molecular formula is C13H17ClN2O2. The fourth-order valence-corrected chi connectivity index (χ4v) is 2.38. The number of carbonyl (C=O) groups excluding carboxylic acids is 1. The third kappa shape index (κ3) is 2.76. The summed E-state index contributed by atoms with van der Waals surface area (Å²) >= 11 is 6.08. The molecule has 0 unspecified atom stereocenters. The molecule has 18 heavy (non-hydrogen) atoms. The van der Waals surface area contributed by atoms with Gasteiger partial charge in [0, 0.05) is 43.8 Å². The predicted octanol–water partition coefficient (Wildman–Crippen LogP) is 1.50. The molecule has 1 heterocycles. The number of carbonyl (C=O) groups is 1. The first-order valence-electron chi connectivity index (χ1n) is 6.01. The van der Waals surface area contributed by atoms with E-state index in [0.717, 1.165) is 37.4 Å². The third-order valence-corrected chi connectivity index (χ3v) is 3.65.